The summed E-state index contributed by atoms with van der Waals surface area (Å²) < 4.78 is 0. The van der Waals surface area contributed by atoms with E-state index in [1.54, 1.807) is 0 Å². The summed E-state index contributed by atoms with van der Waals surface area (Å²) in [5.41, 5.74) is 2.83. The molecule has 0 saturated carbocycles. The van der Waals surface area contributed by atoms with Crippen LogP contribution < -0.4 is 10.6 Å². The Hall–Kier alpha value is -1.92. The van der Waals surface area contributed by atoms with E-state index in [-0.39, 0.29) is 12.5 Å². The number of rotatable bonds is 4. The van der Waals surface area contributed by atoms with Crippen LogP contribution in [0.2, 0.25) is 0 Å². The normalized spacial score (nSPS) is 16.1. The predicted octanol–water partition coefficient (Wildman–Crippen LogP) is 1.59. The largest absolute Gasteiger partial charge is 0.325 e. The summed E-state index contributed by atoms with van der Waals surface area (Å²) >= 11 is 0. The van der Waals surface area contributed by atoms with Gasteiger partial charge in [0.05, 0.1) is 6.54 Å². The lowest BCUT2D eigenvalue weighted by Gasteiger charge is -2.33. The summed E-state index contributed by atoms with van der Waals surface area (Å²) in [7, 11) is 0. The van der Waals surface area contributed by atoms with Crippen molar-refractivity contribution < 1.29 is 9.59 Å². The third-order valence-corrected chi connectivity index (χ3v) is 4.16. The van der Waals surface area contributed by atoms with Gasteiger partial charge < -0.3 is 10.2 Å². The molecule has 1 aliphatic heterocycles. The molecule has 6 nitrogen and oxygen atoms in total. The molecule has 126 valence electrons. The van der Waals surface area contributed by atoms with Crippen LogP contribution >= 0.6 is 0 Å². The molecule has 0 aliphatic carbocycles. The van der Waals surface area contributed by atoms with Crippen LogP contribution in [0.1, 0.15) is 18.1 Å². The van der Waals surface area contributed by atoms with E-state index in [2.05, 4.69) is 27.4 Å². The Morgan fingerprint density at radius 2 is 1.74 bits per heavy atom. The van der Waals surface area contributed by atoms with Gasteiger partial charge in [0, 0.05) is 31.9 Å². The van der Waals surface area contributed by atoms with Crippen molar-refractivity contribution in [1.29, 1.82) is 0 Å². The molecule has 1 aromatic rings. The lowest BCUT2D eigenvalue weighted by atomic mass is 10.1. The minimum Gasteiger partial charge on any atom is -0.307 e. The number of carbonyl (C=O) groups excluding carboxylic acids is 2. The van der Waals surface area contributed by atoms with Crippen molar-refractivity contribution in [3.63, 3.8) is 0 Å². The second kappa shape index (κ2) is 8.08. The second-order valence-corrected chi connectivity index (χ2v) is 6.03. The van der Waals surface area contributed by atoms with E-state index in [4.69, 9.17) is 0 Å². The predicted molar refractivity (Wildman–Crippen MR) is 91.6 cm³/mol. The number of hydrogen-bond donors (Lipinski definition) is 2. The Bertz CT molecular complexity index is 566. The highest BCUT2D eigenvalue weighted by molar-refractivity contribution is 6.02. The summed E-state index contributed by atoms with van der Waals surface area (Å²) in [5, 5.41) is 5.12. The van der Waals surface area contributed by atoms with E-state index >= 15 is 0 Å². The fourth-order valence-corrected chi connectivity index (χ4v) is 2.74. The van der Waals surface area contributed by atoms with Crippen molar-refractivity contribution in [2.45, 2.75) is 20.8 Å². The van der Waals surface area contributed by atoms with Crippen LogP contribution in [0.15, 0.2) is 18.2 Å². The van der Waals surface area contributed by atoms with Crippen molar-refractivity contribution in [3.8, 4) is 0 Å². The maximum absolute atomic E-state index is 12.0. The smallest absolute Gasteiger partial charge is 0.307 e. The highest BCUT2D eigenvalue weighted by Gasteiger charge is 2.18. The number of urea groups is 1. The first-order chi connectivity index (χ1) is 11.0. The van der Waals surface area contributed by atoms with Crippen molar-refractivity contribution >= 4 is 17.6 Å². The minimum atomic E-state index is -0.478. The van der Waals surface area contributed by atoms with Crippen LogP contribution in [0.3, 0.4) is 0 Å². The number of aryl methyl sites for hydroxylation is 2. The van der Waals surface area contributed by atoms with Gasteiger partial charge >= 0.3 is 6.03 Å². The number of likely N-dealkylation sites (N-methyl/N-ethyl adjacent to an activating group) is 1. The highest BCUT2D eigenvalue weighted by Crippen LogP contribution is 2.15. The molecule has 0 spiro atoms. The van der Waals surface area contributed by atoms with E-state index in [0.29, 0.717) is 0 Å². The van der Waals surface area contributed by atoms with Crippen LogP contribution in [0.5, 0.6) is 0 Å². The fourth-order valence-electron chi connectivity index (χ4n) is 2.74. The van der Waals surface area contributed by atoms with Crippen molar-refractivity contribution in [2.24, 2.45) is 0 Å². The van der Waals surface area contributed by atoms with Crippen LogP contribution in [0.25, 0.3) is 0 Å². The Kier molecular flexibility index (Phi) is 6.12. The average molecular weight is 318 g/mol. The van der Waals surface area contributed by atoms with Gasteiger partial charge in [0.2, 0.25) is 5.91 Å². The van der Waals surface area contributed by atoms with E-state index in [0.717, 1.165) is 49.5 Å². The first-order valence-electron chi connectivity index (χ1n) is 8.10. The van der Waals surface area contributed by atoms with Crippen molar-refractivity contribution in [2.75, 3.05) is 44.6 Å². The molecule has 0 bridgehead atoms. The van der Waals surface area contributed by atoms with Crippen LogP contribution in [0, 0.1) is 13.8 Å². The average Bonchev–Trinajstić information content (AvgIpc) is 2.50. The summed E-state index contributed by atoms with van der Waals surface area (Å²) in [6.45, 7) is 11.0. The Morgan fingerprint density at radius 3 is 2.35 bits per heavy atom. The fraction of sp³-hybridized carbons (Fsp3) is 0.529. The zero-order valence-corrected chi connectivity index (χ0v) is 14.2. The number of nitrogens with one attached hydrogen (secondary N) is 2. The zero-order valence-electron chi connectivity index (χ0n) is 14.2. The third-order valence-electron chi connectivity index (χ3n) is 4.16. The lowest BCUT2D eigenvalue weighted by molar-refractivity contribution is -0.121. The molecule has 1 heterocycles. The van der Waals surface area contributed by atoms with Gasteiger partial charge in [0.15, 0.2) is 0 Å². The van der Waals surface area contributed by atoms with Gasteiger partial charge in [-0.25, -0.2) is 4.79 Å². The molecule has 0 atom stereocenters. The van der Waals surface area contributed by atoms with E-state index in [1.165, 1.54) is 0 Å². The molecule has 1 saturated heterocycles. The molecule has 3 amide bonds. The van der Waals surface area contributed by atoms with Crippen LogP contribution in [-0.4, -0.2) is 61.0 Å². The molecule has 1 fully saturated rings. The summed E-state index contributed by atoms with van der Waals surface area (Å²) in [6, 6.07) is 5.29. The van der Waals surface area contributed by atoms with Gasteiger partial charge in [0.25, 0.3) is 0 Å². The van der Waals surface area contributed by atoms with Gasteiger partial charge in [-0.2, -0.15) is 0 Å². The molecule has 2 N–H and O–H groups in total. The van der Waals surface area contributed by atoms with Crippen molar-refractivity contribution in [1.82, 2.24) is 15.1 Å². The summed E-state index contributed by atoms with van der Waals surface area (Å²) in [6.07, 6.45) is 0. The van der Waals surface area contributed by atoms with Gasteiger partial charge in [0.1, 0.15) is 0 Å². The number of anilines is 1. The Balaban J connectivity index is 1.77. The van der Waals surface area contributed by atoms with E-state index < -0.39 is 6.03 Å². The first kappa shape index (κ1) is 17.4. The molecule has 6 heteroatoms. The Morgan fingerprint density at radius 1 is 1.09 bits per heavy atom. The summed E-state index contributed by atoms with van der Waals surface area (Å²) in [5.74, 6) is -0.266. The number of hydrogen-bond acceptors (Lipinski definition) is 4. The van der Waals surface area contributed by atoms with Gasteiger partial charge in [-0.05, 0) is 32.0 Å². The zero-order chi connectivity index (χ0) is 16.8. The maximum atomic E-state index is 12.0. The summed E-state index contributed by atoms with van der Waals surface area (Å²) in [4.78, 5) is 28.3. The Labute approximate surface area is 137 Å². The number of amides is 3. The van der Waals surface area contributed by atoms with Crippen LogP contribution in [0.4, 0.5) is 10.5 Å². The number of piperazine rings is 1. The minimum absolute atomic E-state index is 0.262. The first-order valence-corrected chi connectivity index (χ1v) is 8.10. The van der Waals surface area contributed by atoms with Crippen LogP contribution in [-0.2, 0) is 4.79 Å². The maximum Gasteiger partial charge on any atom is 0.325 e. The number of imide groups is 1. The van der Waals surface area contributed by atoms with Gasteiger partial charge in [-0.3, -0.25) is 15.0 Å². The molecule has 23 heavy (non-hydrogen) atoms. The molecular weight excluding hydrogens is 292 g/mol. The molecule has 0 radical (unpaired) electrons. The number of benzene rings is 1. The molecule has 1 aromatic carbocycles. The van der Waals surface area contributed by atoms with E-state index in [9.17, 15) is 9.59 Å². The second-order valence-electron chi connectivity index (χ2n) is 6.03. The lowest BCUT2D eigenvalue weighted by Crippen LogP contribution is -2.50. The number of nitrogens with zero attached hydrogens (tertiary/aromatic N) is 2. The number of carbonyl (C=O) groups is 2. The topological polar surface area (TPSA) is 64.7 Å². The highest BCUT2D eigenvalue weighted by atomic mass is 16.2. The molecular formula is C17H26N4O2. The molecule has 0 unspecified atom stereocenters. The molecule has 1 aliphatic rings. The quantitative estimate of drug-likeness (QED) is 0.885. The monoisotopic (exact) mass is 318 g/mol. The third kappa shape index (κ3) is 5.33. The van der Waals surface area contributed by atoms with E-state index in [1.807, 2.05) is 32.0 Å². The molecule has 2 rings (SSSR count). The van der Waals surface area contributed by atoms with Crippen molar-refractivity contribution in [3.05, 3.63) is 29.3 Å². The van der Waals surface area contributed by atoms with Gasteiger partial charge in [-0.1, -0.05) is 24.6 Å². The van der Waals surface area contributed by atoms with Gasteiger partial charge in [-0.15, -0.1) is 0 Å². The molecule has 0 aromatic heterocycles. The standard InChI is InChI=1S/C17H26N4O2/c1-4-20-7-9-21(10-8-20)12-16(22)19-17(23)18-15-6-5-13(2)11-14(15)3/h5-6,11H,4,7-10,12H2,1-3H3,(H2,18,19,22,23). The SMILES string of the molecule is CCN1CCN(CC(=O)NC(=O)Nc2ccc(C)cc2C)CC1.